The van der Waals surface area contributed by atoms with Crippen molar-refractivity contribution in [2.45, 2.75) is 38.1 Å². The lowest BCUT2D eigenvalue weighted by Crippen LogP contribution is -2.41. The summed E-state index contributed by atoms with van der Waals surface area (Å²) in [5.41, 5.74) is 0.623. The first-order valence-corrected chi connectivity index (χ1v) is 6.74. The van der Waals surface area contributed by atoms with Crippen LogP contribution in [-0.2, 0) is 4.79 Å². The SMILES string of the molecule is CCN1C(=O)C2(CCCC2)N=C1c1ccccc1. The first kappa shape index (κ1) is 11.5. The number of amidine groups is 1. The van der Waals surface area contributed by atoms with Gasteiger partial charge in [-0.3, -0.25) is 14.7 Å². The third-order valence-electron chi connectivity index (χ3n) is 4.00. The summed E-state index contributed by atoms with van der Waals surface area (Å²) in [6.07, 6.45) is 4.07. The molecule has 2 aliphatic rings. The van der Waals surface area contributed by atoms with E-state index in [1.807, 2.05) is 42.2 Å². The number of carbonyl (C=O) groups is 1. The van der Waals surface area contributed by atoms with Crippen LogP contribution in [0.5, 0.6) is 0 Å². The topological polar surface area (TPSA) is 32.7 Å². The first-order chi connectivity index (χ1) is 8.77. The second kappa shape index (κ2) is 4.23. The van der Waals surface area contributed by atoms with Gasteiger partial charge in [0, 0.05) is 12.1 Å². The highest BCUT2D eigenvalue weighted by Gasteiger charge is 2.49. The Bertz CT molecular complexity index is 486. The molecule has 1 aliphatic heterocycles. The lowest BCUT2D eigenvalue weighted by molar-refractivity contribution is -0.130. The maximum Gasteiger partial charge on any atom is 0.256 e. The third-order valence-corrected chi connectivity index (χ3v) is 4.00. The quantitative estimate of drug-likeness (QED) is 0.784. The summed E-state index contributed by atoms with van der Waals surface area (Å²) < 4.78 is 0. The fraction of sp³-hybridized carbons (Fsp3) is 0.467. The normalized spacial score (nSPS) is 21.7. The minimum atomic E-state index is -0.429. The third kappa shape index (κ3) is 1.57. The molecule has 0 atom stereocenters. The molecule has 0 aromatic heterocycles. The van der Waals surface area contributed by atoms with Crippen LogP contribution in [-0.4, -0.2) is 28.7 Å². The fourth-order valence-corrected chi connectivity index (χ4v) is 3.04. The van der Waals surface area contributed by atoms with Gasteiger partial charge in [0.2, 0.25) is 0 Å². The Labute approximate surface area is 108 Å². The number of benzene rings is 1. The summed E-state index contributed by atoms with van der Waals surface area (Å²) in [6.45, 7) is 2.72. The van der Waals surface area contributed by atoms with Crippen molar-refractivity contribution in [1.82, 2.24) is 4.90 Å². The van der Waals surface area contributed by atoms with Crippen LogP contribution in [0.4, 0.5) is 0 Å². The molecule has 1 aromatic rings. The van der Waals surface area contributed by atoms with E-state index in [2.05, 4.69) is 0 Å². The standard InChI is InChI=1S/C15H18N2O/c1-2-17-13(12-8-4-3-5-9-12)16-15(14(17)18)10-6-7-11-15/h3-5,8-9H,2,6-7,10-11H2,1H3. The first-order valence-electron chi connectivity index (χ1n) is 6.74. The summed E-state index contributed by atoms with van der Waals surface area (Å²) in [6, 6.07) is 10.0. The predicted molar refractivity (Wildman–Crippen MR) is 71.6 cm³/mol. The maximum atomic E-state index is 12.6. The minimum absolute atomic E-state index is 0.210. The average molecular weight is 242 g/mol. The van der Waals surface area contributed by atoms with E-state index in [9.17, 15) is 4.79 Å². The Morgan fingerprint density at radius 2 is 1.89 bits per heavy atom. The molecule has 18 heavy (non-hydrogen) atoms. The predicted octanol–water partition coefficient (Wildman–Crippen LogP) is 2.61. The molecule has 1 aromatic carbocycles. The lowest BCUT2D eigenvalue weighted by Gasteiger charge is -2.20. The lowest BCUT2D eigenvalue weighted by atomic mass is 9.98. The minimum Gasteiger partial charge on any atom is -0.295 e. The zero-order valence-electron chi connectivity index (χ0n) is 10.7. The molecule has 0 unspecified atom stereocenters. The number of hydrogen-bond acceptors (Lipinski definition) is 2. The highest BCUT2D eigenvalue weighted by molar-refractivity contribution is 6.15. The van der Waals surface area contributed by atoms with Gasteiger partial charge in [-0.05, 0) is 19.8 Å². The molecular formula is C15H18N2O. The molecule has 3 nitrogen and oxygen atoms in total. The van der Waals surface area contributed by atoms with Gasteiger partial charge < -0.3 is 0 Å². The molecule has 1 saturated carbocycles. The summed E-state index contributed by atoms with van der Waals surface area (Å²) >= 11 is 0. The molecule has 1 aliphatic carbocycles. The second-order valence-corrected chi connectivity index (χ2v) is 5.09. The number of aliphatic imine (C=N–C) groups is 1. The number of likely N-dealkylation sites (N-methyl/N-ethyl adjacent to an activating group) is 1. The van der Waals surface area contributed by atoms with Gasteiger partial charge in [-0.1, -0.05) is 43.2 Å². The summed E-state index contributed by atoms with van der Waals surface area (Å²) in [5.74, 6) is 1.08. The van der Waals surface area contributed by atoms with E-state index in [4.69, 9.17) is 4.99 Å². The number of amides is 1. The van der Waals surface area contributed by atoms with Gasteiger partial charge in [0.25, 0.3) is 5.91 Å². The Hall–Kier alpha value is -1.64. The van der Waals surface area contributed by atoms with E-state index < -0.39 is 5.54 Å². The monoisotopic (exact) mass is 242 g/mol. The molecule has 0 radical (unpaired) electrons. The molecule has 0 bridgehead atoms. The van der Waals surface area contributed by atoms with Crippen LogP contribution in [0.15, 0.2) is 35.3 Å². The van der Waals surface area contributed by atoms with E-state index in [0.717, 1.165) is 37.1 Å². The van der Waals surface area contributed by atoms with Crippen molar-refractivity contribution in [3.8, 4) is 0 Å². The zero-order valence-corrected chi connectivity index (χ0v) is 10.7. The highest BCUT2D eigenvalue weighted by atomic mass is 16.2. The Kier molecular flexibility index (Phi) is 2.69. The van der Waals surface area contributed by atoms with Crippen molar-refractivity contribution < 1.29 is 4.79 Å². The average Bonchev–Trinajstić information content (AvgIpc) is 2.99. The Balaban J connectivity index is 2.04. The molecule has 1 amide bonds. The van der Waals surface area contributed by atoms with Gasteiger partial charge in [-0.2, -0.15) is 0 Å². The highest BCUT2D eigenvalue weighted by Crippen LogP contribution is 2.39. The van der Waals surface area contributed by atoms with Crippen molar-refractivity contribution in [1.29, 1.82) is 0 Å². The van der Waals surface area contributed by atoms with Gasteiger partial charge in [-0.15, -0.1) is 0 Å². The number of rotatable bonds is 2. The van der Waals surface area contributed by atoms with E-state index in [1.165, 1.54) is 0 Å². The van der Waals surface area contributed by atoms with Crippen LogP contribution in [0.3, 0.4) is 0 Å². The van der Waals surface area contributed by atoms with Crippen molar-refractivity contribution >= 4 is 11.7 Å². The van der Waals surface area contributed by atoms with Crippen LogP contribution in [0.1, 0.15) is 38.2 Å². The van der Waals surface area contributed by atoms with Crippen molar-refractivity contribution in [3.63, 3.8) is 0 Å². The van der Waals surface area contributed by atoms with Crippen molar-refractivity contribution in [2.24, 2.45) is 4.99 Å². The number of hydrogen-bond donors (Lipinski definition) is 0. The smallest absolute Gasteiger partial charge is 0.256 e. The van der Waals surface area contributed by atoms with E-state index in [-0.39, 0.29) is 5.91 Å². The number of nitrogens with zero attached hydrogens (tertiary/aromatic N) is 2. The number of carbonyl (C=O) groups excluding carboxylic acids is 1. The molecule has 94 valence electrons. The van der Waals surface area contributed by atoms with E-state index in [0.29, 0.717) is 6.54 Å². The molecule has 1 heterocycles. The molecule has 0 N–H and O–H groups in total. The van der Waals surface area contributed by atoms with Crippen LogP contribution >= 0.6 is 0 Å². The fourth-order valence-electron chi connectivity index (χ4n) is 3.04. The molecule has 3 heteroatoms. The van der Waals surface area contributed by atoms with Gasteiger partial charge in [0.15, 0.2) is 0 Å². The van der Waals surface area contributed by atoms with Gasteiger partial charge >= 0.3 is 0 Å². The van der Waals surface area contributed by atoms with Gasteiger partial charge in [0.1, 0.15) is 11.4 Å². The van der Waals surface area contributed by atoms with Crippen LogP contribution < -0.4 is 0 Å². The van der Waals surface area contributed by atoms with Crippen LogP contribution in [0.2, 0.25) is 0 Å². The zero-order chi connectivity index (χ0) is 12.6. The van der Waals surface area contributed by atoms with Gasteiger partial charge in [-0.25, -0.2) is 0 Å². The van der Waals surface area contributed by atoms with E-state index in [1.54, 1.807) is 0 Å². The van der Waals surface area contributed by atoms with Gasteiger partial charge in [0.05, 0.1) is 0 Å². The largest absolute Gasteiger partial charge is 0.295 e. The summed E-state index contributed by atoms with van der Waals surface area (Å²) in [5, 5.41) is 0. The van der Waals surface area contributed by atoms with E-state index >= 15 is 0 Å². The second-order valence-electron chi connectivity index (χ2n) is 5.09. The summed E-state index contributed by atoms with van der Waals surface area (Å²) in [4.78, 5) is 19.2. The van der Waals surface area contributed by atoms with Crippen molar-refractivity contribution in [2.75, 3.05) is 6.54 Å². The molecule has 0 saturated heterocycles. The molecule has 1 spiro atoms. The summed E-state index contributed by atoms with van der Waals surface area (Å²) in [7, 11) is 0. The Morgan fingerprint density at radius 3 is 2.50 bits per heavy atom. The molecule has 1 fully saturated rings. The van der Waals surface area contributed by atoms with Crippen LogP contribution in [0, 0.1) is 0 Å². The van der Waals surface area contributed by atoms with Crippen LogP contribution in [0.25, 0.3) is 0 Å². The Morgan fingerprint density at radius 1 is 1.22 bits per heavy atom. The van der Waals surface area contributed by atoms with Crippen molar-refractivity contribution in [3.05, 3.63) is 35.9 Å². The maximum absolute atomic E-state index is 12.6. The molecule has 3 rings (SSSR count). The molecular weight excluding hydrogens is 224 g/mol.